The number of nitrogens with zero attached hydrogens (tertiary/aromatic N) is 1. The van der Waals surface area contributed by atoms with E-state index in [1.807, 2.05) is 0 Å². The van der Waals surface area contributed by atoms with Crippen LogP contribution in [0.1, 0.15) is 18.4 Å². The van der Waals surface area contributed by atoms with Crippen molar-refractivity contribution in [1.29, 1.82) is 0 Å². The Hall–Kier alpha value is -0.340. The van der Waals surface area contributed by atoms with Crippen LogP contribution in [-0.4, -0.2) is 25.0 Å². The number of hydrogen-bond acceptors (Lipinski definition) is 1. The average molecular weight is 268 g/mol. The Kier molecular flexibility index (Phi) is 3.81. The Labute approximate surface area is 101 Å². The summed E-state index contributed by atoms with van der Waals surface area (Å²) < 4.78 is 1.26. The molecule has 0 spiro atoms. The van der Waals surface area contributed by atoms with Crippen molar-refractivity contribution in [3.8, 4) is 0 Å². The SMILES string of the molecule is CN1CCCC(Cc2ccccc2Br)C1. The van der Waals surface area contributed by atoms with Crippen LogP contribution >= 0.6 is 15.9 Å². The van der Waals surface area contributed by atoms with Crippen LogP contribution in [-0.2, 0) is 6.42 Å². The molecule has 2 heteroatoms. The minimum absolute atomic E-state index is 0.836. The molecule has 1 fully saturated rings. The Bertz CT molecular complexity index is 324. The number of benzene rings is 1. The van der Waals surface area contributed by atoms with Gasteiger partial charge in [0.05, 0.1) is 0 Å². The van der Waals surface area contributed by atoms with Gasteiger partial charge in [0.1, 0.15) is 0 Å². The molecule has 15 heavy (non-hydrogen) atoms. The number of likely N-dealkylation sites (tertiary alicyclic amines) is 1. The fraction of sp³-hybridized carbons (Fsp3) is 0.538. The zero-order chi connectivity index (χ0) is 10.7. The second-order valence-corrected chi connectivity index (χ2v) is 5.42. The summed E-state index contributed by atoms with van der Waals surface area (Å²) in [6, 6.07) is 8.59. The van der Waals surface area contributed by atoms with Crippen LogP contribution in [0.2, 0.25) is 0 Å². The largest absolute Gasteiger partial charge is 0.306 e. The summed E-state index contributed by atoms with van der Waals surface area (Å²) >= 11 is 3.62. The molecule has 0 aromatic heterocycles. The molecule has 82 valence electrons. The number of halogens is 1. The fourth-order valence-corrected chi connectivity index (χ4v) is 2.86. The second kappa shape index (κ2) is 5.13. The predicted octanol–water partition coefficient (Wildman–Crippen LogP) is 3.33. The molecule has 0 amide bonds. The van der Waals surface area contributed by atoms with Crippen LogP contribution < -0.4 is 0 Å². The number of piperidine rings is 1. The topological polar surface area (TPSA) is 3.24 Å². The van der Waals surface area contributed by atoms with Crippen LogP contribution in [0.15, 0.2) is 28.7 Å². The second-order valence-electron chi connectivity index (χ2n) is 4.57. The molecule has 0 bridgehead atoms. The molecule has 1 aromatic rings. The molecule has 1 heterocycles. The van der Waals surface area contributed by atoms with Crippen molar-refractivity contribution in [3.63, 3.8) is 0 Å². The maximum absolute atomic E-state index is 3.62. The Morgan fingerprint density at radius 3 is 2.93 bits per heavy atom. The van der Waals surface area contributed by atoms with Crippen molar-refractivity contribution >= 4 is 15.9 Å². The van der Waals surface area contributed by atoms with Gasteiger partial charge in [-0.15, -0.1) is 0 Å². The third kappa shape index (κ3) is 3.05. The standard InChI is InChI=1S/C13H18BrN/c1-15-8-4-5-11(10-15)9-12-6-2-3-7-13(12)14/h2-3,6-7,11H,4-5,8-10H2,1H3. The number of rotatable bonds is 2. The van der Waals surface area contributed by atoms with Crippen molar-refractivity contribution in [2.45, 2.75) is 19.3 Å². The van der Waals surface area contributed by atoms with E-state index in [2.05, 4.69) is 52.1 Å². The molecular weight excluding hydrogens is 250 g/mol. The smallest absolute Gasteiger partial charge is 0.0207 e. The van der Waals surface area contributed by atoms with Gasteiger partial charge in [0.15, 0.2) is 0 Å². The first-order valence-corrected chi connectivity index (χ1v) is 6.47. The monoisotopic (exact) mass is 267 g/mol. The highest BCUT2D eigenvalue weighted by Crippen LogP contribution is 2.24. The van der Waals surface area contributed by atoms with E-state index in [9.17, 15) is 0 Å². The zero-order valence-corrected chi connectivity index (χ0v) is 10.8. The third-order valence-electron chi connectivity index (χ3n) is 3.19. The summed E-state index contributed by atoms with van der Waals surface area (Å²) in [5, 5.41) is 0. The van der Waals surface area contributed by atoms with E-state index < -0.39 is 0 Å². The summed E-state index contributed by atoms with van der Waals surface area (Å²) in [4.78, 5) is 2.45. The van der Waals surface area contributed by atoms with Gasteiger partial charge in [-0.1, -0.05) is 34.1 Å². The minimum Gasteiger partial charge on any atom is -0.306 e. The normalized spacial score (nSPS) is 22.9. The third-order valence-corrected chi connectivity index (χ3v) is 3.96. The molecule has 0 aliphatic carbocycles. The van der Waals surface area contributed by atoms with Gasteiger partial charge < -0.3 is 4.90 Å². The highest BCUT2D eigenvalue weighted by atomic mass is 79.9. The molecule has 1 aromatic carbocycles. The number of hydrogen-bond donors (Lipinski definition) is 0. The lowest BCUT2D eigenvalue weighted by atomic mass is 9.92. The van der Waals surface area contributed by atoms with Crippen LogP contribution in [0.5, 0.6) is 0 Å². The minimum atomic E-state index is 0.836. The average Bonchev–Trinajstić information content (AvgIpc) is 2.22. The van der Waals surface area contributed by atoms with E-state index in [4.69, 9.17) is 0 Å². The van der Waals surface area contributed by atoms with E-state index in [1.54, 1.807) is 0 Å². The first kappa shape index (κ1) is 11.2. The van der Waals surface area contributed by atoms with E-state index in [0.717, 1.165) is 5.92 Å². The Balaban J connectivity index is 1.99. The van der Waals surface area contributed by atoms with Gasteiger partial charge in [-0.2, -0.15) is 0 Å². The van der Waals surface area contributed by atoms with Gasteiger partial charge >= 0.3 is 0 Å². The van der Waals surface area contributed by atoms with Crippen molar-refractivity contribution in [1.82, 2.24) is 4.90 Å². The molecule has 1 saturated heterocycles. The summed E-state index contributed by atoms with van der Waals surface area (Å²) in [7, 11) is 2.23. The Morgan fingerprint density at radius 2 is 2.20 bits per heavy atom. The molecule has 1 aliphatic rings. The molecule has 1 nitrogen and oxygen atoms in total. The van der Waals surface area contributed by atoms with Gasteiger partial charge in [-0.25, -0.2) is 0 Å². The highest BCUT2D eigenvalue weighted by Gasteiger charge is 2.17. The summed E-state index contributed by atoms with van der Waals surface area (Å²) in [6.45, 7) is 2.52. The van der Waals surface area contributed by atoms with Crippen LogP contribution in [0.25, 0.3) is 0 Å². The predicted molar refractivity (Wildman–Crippen MR) is 68.1 cm³/mol. The lowest BCUT2D eigenvalue weighted by Gasteiger charge is -2.29. The molecule has 1 unspecified atom stereocenters. The van der Waals surface area contributed by atoms with E-state index in [-0.39, 0.29) is 0 Å². The molecule has 0 N–H and O–H groups in total. The van der Waals surface area contributed by atoms with Gasteiger partial charge in [-0.05, 0) is 50.4 Å². The van der Waals surface area contributed by atoms with E-state index in [1.165, 1.54) is 42.4 Å². The quantitative estimate of drug-likeness (QED) is 0.795. The first-order valence-electron chi connectivity index (χ1n) is 5.67. The van der Waals surface area contributed by atoms with Gasteiger partial charge in [0, 0.05) is 11.0 Å². The lowest BCUT2D eigenvalue weighted by molar-refractivity contribution is 0.209. The molecule has 2 rings (SSSR count). The van der Waals surface area contributed by atoms with Crippen LogP contribution in [0, 0.1) is 5.92 Å². The molecule has 0 radical (unpaired) electrons. The fourth-order valence-electron chi connectivity index (χ4n) is 2.41. The van der Waals surface area contributed by atoms with Crippen molar-refractivity contribution in [2.75, 3.05) is 20.1 Å². The maximum Gasteiger partial charge on any atom is 0.0207 e. The lowest BCUT2D eigenvalue weighted by Crippen LogP contribution is -2.33. The highest BCUT2D eigenvalue weighted by molar-refractivity contribution is 9.10. The van der Waals surface area contributed by atoms with E-state index >= 15 is 0 Å². The van der Waals surface area contributed by atoms with Crippen molar-refractivity contribution in [2.24, 2.45) is 5.92 Å². The molecule has 1 atom stereocenters. The molecule has 1 aliphatic heterocycles. The zero-order valence-electron chi connectivity index (χ0n) is 9.25. The van der Waals surface area contributed by atoms with Gasteiger partial charge in [-0.3, -0.25) is 0 Å². The molecular formula is C13H18BrN. The van der Waals surface area contributed by atoms with Gasteiger partial charge in [0.25, 0.3) is 0 Å². The first-order chi connectivity index (χ1) is 7.25. The van der Waals surface area contributed by atoms with Crippen molar-refractivity contribution in [3.05, 3.63) is 34.3 Å². The van der Waals surface area contributed by atoms with Gasteiger partial charge in [0.2, 0.25) is 0 Å². The maximum atomic E-state index is 3.62. The summed E-state index contributed by atoms with van der Waals surface area (Å²) in [6.07, 6.45) is 3.95. The Morgan fingerprint density at radius 1 is 1.40 bits per heavy atom. The van der Waals surface area contributed by atoms with Crippen LogP contribution in [0.4, 0.5) is 0 Å². The molecule has 0 saturated carbocycles. The van der Waals surface area contributed by atoms with Crippen LogP contribution in [0.3, 0.4) is 0 Å². The van der Waals surface area contributed by atoms with E-state index in [0.29, 0.717) is 0 Å². The summed E-state index contributed by atoms with van der Waals surface area (Å²) in [5.41, 5.74) is 1.46. The summed E-state index contributed by atoms with van der Waals surface area (Å²) in [5.74, 6) is 0.836. The van der Waals surface area contributed by atoms with Crippen molar-refractivity contribution < 1.29 is 0 Å².